The lowest BCUT2D eigenvalue weighted by atomic mass is 10.2. The quantitative estimate of drug-likeness (QED) is 0.914. The zero-order valence-corrected chi connectivity index (χ0v) is 11.6. The maximum atomic E-state index is 11.8. The van der Waals surface area contributed by atoms with Gasteiger partial charge in [-0.25, -0.2) is 13.2 Å². The third-order valence-corrected chi connectivity index (χ3v) is 4.56. The molecule has 1 aliphatic rings. The summed E-state index contributed by atoms with van der Waals surface area (Å²) in [5.41, 5.74) is 1.05. The van der Waals surface area contributed by atoms with Gasteiger partial charge in [-0.15, -0.1) is 0 Å². The van der Waals surface area contributed by atoms with Gasteiger partial charge in [0, 0.05) is 5.69 Å². The van der Waals surface area contributed by atoms with Crippen LogP contribution < -0.4 is 9.62 Å². The van der Waals surface area contributed by atoms with Crippen LogP contribution in [0.1, 0.15) is 13.8 Å². The number of ether oxygens (including phenoxy) is 1. The number of anilines is 2. The number of nitrogens with one attached hydrogen (secondary N) is 1. The van der Waals surface area contributed by atoms with E-state index in [1.165, 1.54) is 4.90 Å². The zero-order valence-electron chi connectivity index (χ0n) is 10.8. The van der Waals surface area contributed by atoms with E-state index >= 15 is 0 Å². The van der Waals surface area contributed by atoms with Gasteiger partial charge in [0.25, 0.3) is 0 Å². The molecule has 1 amide bonds. The molecular formula is C12H16N2O4S. The molecule has 104 valence electrons. The Bertz CT molecular complexity index is 583. The Morgan fingerprint density at radius 3 is 2.68 bits per heavy atom. The van der Waals surface area contributed by atoms with Gasteiger partial charge in [-0.2, -0.15) is 0 Å². The van der Waals surface area contributed by atoms with Crippen LogP contribution in [0.25, 0.3) is 0 Å². The van der Waals surface area contributed by atoms with Crippen molar-refractivity contribution in [3.63, 3.8) is 0 Å². The van der Waals surface area contributed by atoms with Gasteiger partial charge in [-0.1, -0.05) is 6.07 Å². The van der Waals surface area contributed by atoms with Gasteiger partial charge >= 0.3 is 6.09 Å². The van der Waals surface area contributed by atoms with Crippen molar-refractivity contribution in [2.45, 2.75) is 19.1 Å². The summed E-state index contributed by atoms with van der Waals surface area (Å²) in [6.07, 6.45) is -0.413. The number of sulfonamides is 1. The number of hydrogen-bond donors (Lipinski definition) is 1. The first-order valence-corrected chi connectivity index (χ1v) is 7.51. The van der Waals surface area contributed by atoms with Crippen molar-refractivity contribution in [2.75, 3.05) is 22.8 Å². The summed E-state index contributed by atoms with van der Waals surface area (Å²) in [5, 5.41) is -0.520. The fraction of sp³-hybridized carbons (Fsp3) is 0.417. The molecule has 19 heavy (non-hydrogen) atoms. The second-order valence-electron chi connectivity index (χ2n) is 4.51. The molecule has 1 N–H and O–H groups in total. The van der Waals surface area contributed by atoms with Crippen LogP contribution in [0.5, 0.6) is 0 Å². The molecule has 0 aromatic heterocycles. The molecule has 0 radical (unpaired) electrons. The molecular weight excluding hydrogens is 268 g/mol. The third kappa shape index (κ3) is 2.98. The number of benzene rings is 1. The predicted molar refractivity (Wildman–Crippen MR) is 72.8 cm³/mol. The molecule has 0 spiro atoms. The van der Waals surface area contributed by atoms with Gasteiger partial charge in [0.05, 0.1) is 17.5 Å². The Morgan fingerprint density at radius 2 is 2.11 bits per heavy atom. The SMILES string of the molecule is CC(C)S(=O)(=O)Nc1cccc(N2CCOC2=O)c1. The normalized spacial score (nSPS) is 15.7. The van der Waals surface area contributed by atoms with Gasteiger partial charge in [0.1, 0.15) is 6.61 Å². The van der Waals surface area contributed by atoms with E-state index in [4.69, 9.17) is 4.74 Å². The maximum absolute atomic E-state index is 11.8. The summed E-state index contributed by atoms with van der Waals surface area (Å²) in [5.74, 6) is 0. The van der Waals surface area contributed by atoms with Crippen molar-refractivity contribution in [1.29, 1.82) is 0 Å². The number of rotatable bonds is 4. The van der Waals surface area contributed by atoms with E-state index in [0.717, 1.165) is 0 Å². The minimum absolute atomic E-state index is 0.348. The average Bonchev–Trinajstić information content (AvgIpc) is 2.75. The van der Waals surface area contributed by atoms with Gasteiger partial charge < -0.3 is 4.74 Å². The van der Waals surface area contributed by atoms with Crippen molar-refractivity contribution in [1.82, 2.24) is 0 Å². The monoisotopic (exact) mass is 284 g/mol. The molecule has 6 nitrogen and oxygen atoms in total. The summed E-state index contributed by atoms with van der Waals surface area (Å²) in [6, 6.07) is 6.69. The Labute approximate surface area is 112 Å². The second-order valence-corrected chi connectivity index (χ2v) is 6.75. The lowest BCUT2D eigenvalue weighted by Gasteiger charge is -2.15. The highest BCUT2D eigenvalue weighted by Crippen LogP contribution is 2.23. The van der Waals surface area contributed by atoms with Crippen molar-refractivity contribution in [2.24, 2.45) is 0 Å². The highest BCUT2D eigenvalue weighted by molar-refractivity contribution is 7.93. The molecule has 0 unspecified atom stereocenters. The molecule has 1 aromatic carbocycles. The predicted octanol–water partition coefficient (Wildman–Crippen LogP) is 1.79. The van der Waals surface area contributed by atoms with Gasteiger partial charge in [-0.05, 0) is 32.0 Å². The highest BCUT2D eigenvalue weighted by atomic mass is 32.2. The van der Waals surface area contributed by atoms with E-state index in [2.05, 4.69) is 4.72 Å². The number of cyclic esters (lactones) is 1. The van der Waals surface area contributed by atoms with Crippen molar-refractivity contribution >= 4 is 27.5 Å². The lowest BCUT2D eigenvalue weighted by molar-refractivity contribution is 0.181. The van der Waals surface area contributed by atoms with E-state index in [1.807, 2.05) is 0 Å². The van der Waals surface area contributed by atoms with Crippen LogP contribution in [0.2, 0.25) is 0 Å². The Morgan fingerprint density at radius 1 is 1.37 bits per heavy atom. The minimum Gasteiger partial charge on any atom is -0.447 e. The molecule has 0 aliphatic carbocycles. The van der Waals surface area contributed by atoms with Crippen molar-refractivity contribution in [3.8, 4) is 0 Å². The molecule has 0 saturated carbocycles. The van der Waals surface area contributed by atoms with Crippen LogP contribution in [0.15, 0.2) is 24.3 Å². The third-order valence-electron chi connectivity index (χ3n) is 2.80. The van der Waals surface area contributed by atoms with Crippen LogP contribution in [0.4, 0.5) is 16.2 Å². The van der Waals surface area contributed by atoms with Crippen LogP contribution in [-0.2, 0) is 14.8 Å². The summed E-state index contributed by atoms with van der Waals surface area (Å²) < 4.78 is 30.9. The molecule has 1 fully saturated rings. The molecule has 7 heteroatoms. The average molecular weight is 284 g/mol. The number of carbonyl (C=O) groups excluding carboxylic acids is 1. The maximum Gasteiger partial charge on any atom is 0.414 e. The zero-order chi connectivity index (χ0) is 14.0. The standard InChI is InChI=1S/C12H16N2O4S/c1-9(2)19(16,17)13-10-4-3-5-11(8-10)14-6-7-18-12(14)15/h3-5,8-9,13H,6-7H2,1-2H3. The van der Waals surface area contributed by atoms with Crippen molar-refractivity contribution in [3.05, 3.63) is 24.3 Å². The fourth-order valence-corrected chi connectivity index (χ4v) is 2.34. The van der Waals surface area contributed by atoms with Crippen LogP contribution in [0.3, 0.4) is 0 Å². The molecule has 0 bridgehead atoms. The molecule has 1 saturated heterocycles. The van der Waals surface area contributed by atoms with Crippen molar-refractivity contribution < 1.29 is 17.9 Å². The molecule has 2 rings (SSSR count). The Hall–Kier alpha value is -1.76. The Balaban J connectivity index is 2.23. The fourth-order valence-electron chi connectivity index (χ4n) is 1.65. The second kappa shape index (κ2) is 5.08. The lowest BCUT2D eigenvalue weighted by Crippen LogP contribution is -2.24. The summed E-state index contributed by atoms with van der Waals surface area (Å²) in [7, 11) is -3.39. The molecule has 1 heterocycles. The largest absolute Gasteiger partial charge is 0.447 e. The number of nitrogens with zero attached hydrogens (tertiary/aromatic N) is 1. The molecule has 1 aromatic rings. The topological polar surface area (TPSA) is 75.7 Å². The first-order valence-electron chi connectivity index (χ1n) is 5.96. The van der Waals surface area contributed by atoms with Gasteiger partial charge in [-0.3, -0.25) is 9.62 Å². The van der Waals surface area contributed by atoms with Gasteiger partial charge in [0.2, 0.25) is 10.0 Å². The van der Waals surface area contributed by atoms with Crippen LogP contribution in [-0.4, -0.2) is 32.9 Å². The number of amides is 1. The number of carbonyl (C=O) groups is 1. The summed E-state index contributed by atoms with van der Waals surface area (Å²) in [6.45, 7) is 4.02. The summed E-state index contributed by atoms with van der Waals surface area (Å²) >= 11 is 0. The number of hydrogen-bond acceptors (Lipinski definition) is 4. The summed E-state index contributed by atoms with van der Waals surface area (Å²) in [4.78, 5) is 12.9. The smallest absolute Gasteiger partial charge is 0.414 e. The highest BCUT2D eigenvalue weighted by Gasteiger charge is 2.24. The van der Waals surface area contributed by atoms with E-state index in [0.29, 0.717) is 24.5 Å². The van der Waals surface area contributed by atoms with E-state index in [-0.39, 0.29) is 0 Å². The minimum atomic E-state index is -3.39. The Kier molecular flexibility index (Phi) is 3.66. The molecule has 0 atom stereocenters. The van der Waals surface area contributed by atoms with Gasteiger partial charge in [0.15, 0.2) is 0 Å². The van der Waals surface area contributed by atoms with Crippen LogP contribution in [0, 0.1) is 0 Å². The first kappa shape index (κ1) is 13.7. The van der Waals surface area contributed by atoms with Crippen LogP contribution >= 0.6 is 0 Å². The molecule has 1 aliphatic heterocycles. The van der Waals surface area contributed by atoms with E-state index < -0.39 is 21.4 Å². The van der Waals surface area contributed by atoms with E-state index in [9.17, 15) is 13.2 Å². The first-order chi connectivity index (χ1) is 8.90. The van der Waals surface area contributed by atoms with E-state index in [1.54, 1.807) is 38.1 Å².